The molecule has 52 heavy (non-hydrogen) atoms. The molecule has 3 heteroatoms. The van der Waals surface area contributed by atoms with Gasteiger partial charge < -0.3 is 9.13 Å². The van der Waals surface area contributed by atoms with E-state index in [1.807, 2.05) is 11.3 Å². The van der Waals surface area contributed by atoms with Crippen molar-refractivity contribution >= 4 is 75.1 Å². The van der Waals surface area contributed by atoms with E-state index in [1.54, 1.807) is 0 Å². The number of aromatic nitrogens is 2. The zero-order valence-corrected chi connectivity index (χ0v) is 29.4. The third-order valence-corrected chi connectivity index (χ3v) is 12.1. The van der Waals surface area contributed by atoms with Gasteiger partial charge in [-0.3, -0.25) is 0 Å². The van der Waals surface area contributed by atoms with Gasteiger partial charge >= 0.3 is 0 Å². The van der Waals surface area contributed by atoms with Crippen molar-refractivity contribution in [2.24, 2.45) is 0 Å². The van der Waals surface area contributed by atoms with E-state index in [2.05, 4.69) is 192 Å². The van der Waals surface area contributed by atoms with Gasteiger partial charge in [0.1, 0.15) is 0 Å². The van der Waals surface area contributed by atoms with Gasteiger partial charge in [-0.1, -0.05) is 121 Å². The van der Waals surface area contributed by atoms with E-state index >= 15 is 0 Å². The molecule has 0 aliphatic heterocycles. The Morgan fingerprint density at radius 2 is 0.923 bits per heavy atom. The second-order valence-corrected chi connectivity index (χ2v) is 14.8. The smallest absolute Gasteiger partial charge is 0.0570 e. The number of aryl methyl sites for hydroxylation is 1. The lowest BCUT2D eigenvalue weighted by atomic mass is 9.98. The van der Waals surface area contributed by atoms with Crippen molar-refractivity contribution in [3.63, 3.8) is 0 Å². The Morgan fingerprint density at radius 1 is 0.385 bits per heavy atom. The van der Waals surface area contributed by atoms with Gasteiger partial charge in [0.2, 0.25) is 0 Å². The summed E-state index contributed by atoms with van der Waals surface area (Å²) >= 11 is 1.89. The number of nitrogens with zero attached hydrogens (tertiary/aromatic N) is 2. The zero-order chi connectivity index (χ0) is 34.3. The van der Waals surface area contributed by atoms with Crippen LogP contribution in [0.3, 0.4) is 0 Å². The van der Waals surface area contributed by atoms with Crippen molar-refractivity contribution < 1.29 is 0 Å². The SMILES string of the molecule is Cc1cccc(-c2cccc3c2sc2ccccc23)c1-n1c2ccccc2c2cc(-c3ccc4c(c3)c3ccccc3n4-c3ccccc3)ccc21. The molecule has 0 saturated heterocycles. The monoisotopic (exact) mass is 680 g/mol. The summed E-state index contributed by atoms with van der Waals surface area (Å²) in [6.45, 7) is 2.25. The molecule has 0 atom stereocenters. The van der Waals surface area contributed by atoms with Crippen LogP contribution in [0, 0.1) is 6.92 Å². The molecule has 0 saturated carbocycles. The van der Waals surface area contributed by atoms with Gasteiger partial charge in [-0.05, 0) is 78.2 Å². The summed E-state index contributed by atoms with van der Waals surface area (Å²) in [5.41, 5.74) is 13.5. The number of hydrogen-bond donors (Lipinski definition) is 0. The van der Waals surface area contributed by atoms with Crippen molar-refractivity contribution in [1.82, 2.24) is 9.13 Å². The first-order chi connectivity index (χ1) is 25.7. The first kappa shape index (κ1) is 29.3. The summed E-state index contributed by atoms with van der Waals surface area (Å²) < 4.78 is 7.54. The molecule has 0 bridgehead atoms. The Balaban J connectivity index is 1.13. The van der Waals surface area contributed by atoms with Gasteiger partial charge in [-0.25, -0.2) is 0 Å². The Kier molecular flexibility index (Phi) is 6.37. The van der Waals surface area contributed by atoms with Gasteiger partial charge in [0.25, 0.3) is 0 Å². The predicted octanol–water partition coefficient (Wildman–Crippen LogP) is 13.9. The maximum absolute atomic E-state index is 2.50. The van der Waals surface area contributed by atoms with Crippen LogP contribution in [0.25, 0.3) is 97.4 Å². The quantitative estimate of drug-likeness (QED) is 0.175. The van der Waals surface area contributed by atoms with Crippen molar-refractivity contribution in [3.8, 4) is 33.6 Å². The summed E-state index contributed by atoms with van der Waals surface area (Å²) in [6, 6.07) is 64.6. The normalized spacial score (nSPS) is 11.9. The first-order valence-corrected chi connectivity index (χ1v) is 18.7. The molecule has 11 aromatic rings. The van der Waals surface area contributed by atoms with Gasteiger partial charge in [0.05, 0.1) is 27.8 Å². The fraction of sp³-hybridized carbons (Fsp3) is 0.0204. The minimum absolute atomic E-state index is 1.18. The lowest BCUT2D eigenvalue weighted by Crippen LogP contribution is -2.00. The van der Waals surface area contributed by atoms with E-state index in [0.717, 1.165) is 0 Å². The molecule has 0 aliphatic carbocycles. The Bertz CT molecular complexity index is 3190. The van der Waals surface area contributed by atoms with Crippen LogP contribution in [0.4, 0.5) is 0 Å². The molecule has 0 spiro atoms. The van der Waals surface area contributed by atoms with E-state index in [9.17, 15) is 0 Å². The number of rotatable bonds is 4. The van der Waals surface area contributed by atoms with Gasteiger partial charge in [0.15, 0.2) is 0 Å². The molecule has 8 aromatic carbocycles. The minimum Gasteiger partial charge on any atom is -0.309 e. The molecule has 0 unspecified atom stereocenters. The molecule has 3 heterocycles. The standard InChI is InChI=1S/C49H32N2S/c1-31-13-11-19-38(40-21-12-20-39-37-18-7-10-24-47(37)52-49(39)40)48(31)51-44-23-9-6-17-36(44)42-30-33(26-28-46(42)51)32-25-27-45-41(29-32)35-16-5-8-22-43(35)50(45)34-14-3-2-4-15-34/h2-30H,1H3. The number of fused-ring (bicyclic) bond motifs is 9. The van der Waals surface area contributed by atoms with E-state index in [-0.39, 0.29) is 0 Å². The highest BCUT2D eigenvalue weighted by Crippen LogP contribution is 2.44. The lowest BCUT2D eigenvalue weighted by molar-refractivity contribution is 1.15. The van der Waals surface area contributed by atoms with Crippen LogP contribution in [0.2, 0.25) is 0 Å². The van der Waals surface area contributed by atoms with Crippen LogP contribution in [0.5, 0.6) is 0 Å². The number of benzene rings is 8. The Labute approximate surface area is 305 Å². The maximum Gasteiger partial charge on any atom is 0.0570 e. The molecule has 11 rings (SSSR count). The average molecular weight is 681 g/mol. The number of thiophene rings is 1. The number of para-hydroxylation sites is 4. The molecule has 2 nitrogen and oxygen atoms in total. The summed E-state index contributed by atoms with van der Waals surface area (Å²) in [5.74, 6) is 0. The summed E-state index contributed by atoms with van der Waals surface area (Å²) in [5, 5.41) is 7.69. The fourth-order valence-corrected chi connectivity index (χ4v) is 9.76. The topological polar surface area (TPSA) is 9.86 Å². The Morgan fingerprint density at radius 3 is 1.65 bits per heavy atom. The molecular weight excluding hydrogens is 649 g/mol. The van der Waals surface area contributed by atoms with Gasteiger partial charge in [-0.15, -0.1) is 11.3 Å². The summed E-state index contributed by atoms with van der Waals surface area (Å²) in [4.78, 5) is 0. The molecule has 0 fully saturated rings. The first-order valence-electron chi connectivity index (χ1n) is 17.9. The molecule has 0 radical (unpaired) electrons. The van der Waals surface area contributed by atoms with Crippen LogP contribution >= 0.6 is 11.3 Å². The third kappa shape index (κ3) is 4.24. The highest BCUT2D eigenvalue weighted by Gasteiger charge is 2.20. The second kappa shape index (κ2) is 11.3. The zero-order valence-electron chi connectivity index (χ0n) is 28.5. The molecule has 244 valence electrons. The molecule has 0 amide bonds. The third-order valence-electron chi connectivity index (χ3n) is 10.8. The van der Waals surface area contributed by atoms with Crippen LogP contribution in [0.1, 0.15) is 5.56 Å². The van der Waals surface area contributed by atoms with Gasteiger partial charge in [-0.2, -0.15) is 0 Å². The molecule has 3 aromatic heterocycles. The number of hydrogen-bond acceptors (Lipinski definition) is 1. The second-order valence-electron chi connectivity index (χ2n) is 13.8. The molecular formula is C49H32N2S. The summed E-state index contributed by atoms with van der Waals surface area (Å²) in [7, 11) is 0. The van der Waals surface area contributed by atoms with Crippen LogP contribution < -0.4 is 0 Å². The van der Waals surface area contributed by atoms with Crippen LogP contribution in [0.15, 0.2) is 176 Å². The van der Waals surface area contributed by atoms with E-state index in [1.165, 1.54) is 103 Å². The highest BCUT2D eigenvalue weighted by molar-refractivity contribution is 7.26. The van der Waals surface area contributed by atoms with Crippen molar-refractivity contribution in [1.29, 1.82) is 0 Å². The highest BCUT2D eigenvalue weighted by atomic mass is 32.1. The minimum atomic E-state index is 1.18. The van der Waals surface area contributed by atoms with Crippen LogP contribution in [-0.4, -0.2) is 9.13 Å². The van der Waals surface area contributed by atoms with Gasteiger partial charge in [0, 0.05) is 58.5 Å². The largest absolute Gasteiger partial charge is 0.309 e. The lowest BCUT2D eigenvalue weighted by Gasteiger charge is -2.17. The Hall–Kier alpha value is -6.42. The maximum atomic E-state index is 2.50. The van der Waals surface area contributed by atoms with Crippen molar-refractivity contribution in [3.05, 3.63) is 181 Å². The van der Waals surface area contributed by atoms with E-state index in [4.69, 9.17) is 0 Å². The predicted molar refractivity (Wildman–Crippen MR) is 224 cm³/mol. The van der Waals surface area contributed by atoms with Crippen molar-refractivity contribution in [2.45, 2.75) is 6.92 Å². The van der Waals surface area contributed by atoms with Crippen molar-refractivity contribution in [2.75, 3.05) is 0 Å². The van der Waals surface area contributed by atoms with Crippen LogP contribution in [-0.2, 0) is 0 Å². The van der Waals surface area contributed by atoms with E-state index in [0.29, 0.717) is 0 Å². The molecule has 0 aliphatic rings. The average Bonchev–Trinajstić information content (AvgIpc) is 3.85. The van der Waals surface area contributed by atoms with E-state index < -0.39 is 0 Å². The fourth-order valence-electron chi connectivity index (χ4n) is 8.53. The molecule has 0 N–H and O–H groups in total. The summed E-state index contributed by atoms with van der Waals surface area (Å²) in [6.07, 6.45) is 0.